The van der Waals surface area contributed by atoms with Gasteiger partial charge < -0.3 is 10.5 Å². The van der Waals surface area contributed by atoms with Gasteiger partial charge in [-0.25, -0.2) is 18.2 Å². The van der Waals surface area contributed by atoms with E-state index in [1.54, 1.807) is 0 Å². The number of carbonyl (C=O) groups excluding carboxylic acids is 2. The van der Waals surface area contributed by atoms with Gasteiger partial charge in [0.25, 0.3) is 10.0 Å². The molecular weight excluding hydrogens is 564 g/mol. The lowest BCUT2D eigenvalue weighted by Gasteiger charge is -2.15. The van der Waals surface area contributed by atoms with E-state index in [0.717, 1.165) is 35.0 Å². The summed E-state index contributed by atoms with van der Waals surface area (Å²) in [5, 5.41) is 6.74. The molecule has 0 amide bonds. The molecule has 0 fully saturated rings. The Morgan fingerprint density at radius 1 is 1.24 bits per heavy atom. The molecule has 0 aliphatic heterocycles. The van der Waals surface area contributed by atoms with E-state index in [2.05, 4.69) is 19.9 Å². The van der Waals surface area contributed by atoms with Crippen LogP contribution in [0.15, 0.2) is 41.4 Å². The van der Waals surface area contributed by atoms with Crippen molar-refractivity contribution in [2.45, 2.75) is 18.0 Å². The largest absolute Gasteiger partial charge is 0.460 e. The van der Waals surface area contributed by atoms with Crippen molar-refractivity contribution in [3.63, 3.8) is 0 Å². The summed E-state index contributed by atoms with van der Waals surface area (Å²) in [7, 11) is -4.68. The van der Waals surface area contributed by atoms with Crippen LogP contribution in [0.3, 0.4) is 0 Å². The Hall–Kier alpha value is -3.69. The van der Waals surface area contributed by atoms with Crippen molar-refractivity contribution in [3.8, 4) is 11.5 Å². The summed E-state index contributed by atoms with van der Waals surface area (Å²) in [6, 6.07) is 3.09. The minimum absolute atomic E-state index is 0.0381. The third-order valence-electron chi connectivity index (χ3n) is 4.48. The van der Waals surface area contributed by atoms with E-state index in [9.17, 15) is 31.2 Å². The number of sulfonamides is 1. The number of alkyl halides is 3. The van der Waals surface area contributed by atoms with Crippen LogP contribution in [0, 0.1) is 0 Å². The van der Waals surface area contributed by atoms with Gasteiger partial charge in [0, 0.05) is 12.3 Å². The van der Waals surface area contributed by atoms with Gasteiger partial charge in [-0.1, -0.05) is 23.2 Å². The molecule has 11 nitrogen and oxygen atoms in total. The fourth-order valence-corrected chi connectivity index (χ4v) is 4.41. The SMILES string of the molecule is CCOC(=O)c1nnc(-c2ncc(Cl)cc2NS(=O)(=O)c2ccc(Cl)c(C(F)(F)F)c2)n1C(N)=CC=O. The maximum absolute atomic E-state index is 13.3. The maximum Gasteiger partial charge on any atom is 0.417 e. The molecule has 1 aromatic carbocycles. The topological polar surface area (TPSA) is 159 Å². The number of hydrogen-bond donors (Lipinski definition) is 2. The minimum Gasteiger partial charge on any atom is -0.460 e. The van der Waals surface area contributed by atoms with Crippen molar-refractivity contribution < 1.29 is 35.9 Å². The van der Waals surface area contributed by atoms with Gasteiger partial charge in [0.15, 0.2) is 5.82 Å². The van der Waals surface area contributed by atoms with Gasteiger partial charge in [-0.2, -0.15) is 13.2 Å². The maximum atomic E-state index is 13.3. The number of nitrogens with one attached hydrogen (secondary N) is 1. The van der Waals surface area contributed by atoms with Gasteiger partial charge in [0.2, 0.25) is 5.82 Å². The zero-order valence-electron chi connectivity index (χ0n) is 18.5. The van der Waals surface area contributed by atoms with E-state index in [0.29, 0.717) is 12.4 Å². The molecular formula is C20H15Cl2F3N6O5S. The lowest BCUT2D eigenvalue weighted by Crippen LogP contribution is -2.19. The Morgan fingerprint density at radius 2 is 1.95 bits per heavy atom. The van der Waals surface area contributed by atoms with Crippen LogP contribution in [0.1, 0.15) is 23.1 Å². The summed E-state index contributed by atoms with van der Waals surface area (Å²) in [6.45, 7) is 1.49. The summed E-state index contributed by atoms with van der Waals surface area (Å²) in [6.07, 6.45) is -2.65. The molecule has 17 heteroatoms. The summed E-state index contributed by atoms with van der Waals surface area (Å²) in [5.74, 6) is -2.11. The highest BCUT2D eigenvalue weighted by molar-refractivity contribution is 7.92. The molecule has 0 saturated heterocycles. The van der Waals surface area contributed by atoms with Crippen LogP contribution in [0.2, 0.25) is 10.0 Å². The Kier molecular flexibility index (Phi) is 8.09. The Morgan fingerprint density at radius 3 is 2.57 bits per heavy atom. The lowest BCUT2D eigenvalue weighted by molar-refractivity contribution is -0.137. The molecule has 196 valence electrons. The molecule has 37 heavy (non-hydrogen) atoms. The zero-order valence-corrected chi connectivity index (χ0v) is 20.8. The zero-order chi connectivity index (χ0) is 27.5. The predicted molar refractivity (Wildman–Crippen MR) is 126 cm³/mol. The third kappa shape index (κ3) is 6.00. The van der Waals surface area contributed by atoms with Crippen molar-refractivity contribution in [1.82, 2.24) is 19.7 Å². The number of aldehydes is 1. The van der Waals surface area contributed by atoms with Gasteiger partial charge >= 0.3 is 12.1 Å². The van der Waals surface area contributed by atoms with Crippen LogP contribution in [-0.4, -0.2) is 47.0 Å². The molecule has 0 saturated carbocycles. The van der Waals surface area contributed by atoms with Gasteiger partial charge in [-0.3, -0.25) is 14.1 Å². The normalized spacial score (nSPS) is 12.3. The van der Waals surface area contributed by atoms with Crippen molar-refractivity contribution in [1.29, 1.82) is 0 Å². The monoisotopic (exact) mass is 578 g/mol. The van der Waals surface area contributed by atoms with Gasteiger partial charge in [-0.15, -0.1) is 10.2 Å². The first-order valence-electron chi connectivity index (χ1n) is 9.89. The first-order chi connectivity index (χ1) is 17.3. The van der Waals surface area contributed by atoms with Crippen LogP contribution >= 0.6 is 23.2 Å². The molecule has 3 N–H and O–H groups in total. The second-order valence-electron chi connectivity index (χ2n) is 6.93. The van der Waals surface area contributed by atoms with E-state index in [1.165, 1.54) is 6.92 Å². The summed E-state index contributed by atoms with van der Waals surface area (Å²) in [5.41, 5.74) is 3.87. The first-order valence-corrected chi connectivity index (χ1v) is 12.1. The van der Waals surface area contributed by atoms with E-state index < -0.39 is 43.5 Å². The van der Waals surface area contributed by atoms with E-state index in [1.807, 2.05) is 0 Å². The number of hydrogen-bond acceptors (Lipinski definition) is 9. The van der Waals surface area contributed by atoms with Crippen molar-refractivity contribution in [2.75, 3.05) is 11.3 Å². The quantitative estimate of drug-likeness (QED) is 0.231. The van der Waals surface area contributed by atoms with E-state index in [-0.39, 0.29) is 34.7 Å². The molecule has 0 spiro atoms. The van der Waals surface area contributed by atoms with Crippen LogP contribution < -0.4 is 10.5 Å². The molecule has 0 radical (unpaired) electrons. The third-order valence-corrected chi connectivity index (χ3v) is 6.38. The van der Waals surface area contributed by atoms with Crippen LogP contribution in [0.25, 0.3) is 17.3 Å². The number of ether oxygens (including phenoxy) is 1. The van der Waals surface area contributed by atoms with Gasteiger partial charge in [0.1, 0.15) is 17.8 Å². The molecule has 2 heterocycles. The van der Waals surface area contributed by atoms with Crippen LogP contribution in [0.5, 0.6) is 0 Å². The average molecular weight is 579 g/mol. The highest BCUT2D eigenvalue weighted by Gasteiger charge is 2.35. The molecule has 3 rings (SSSR count). The molecule has 3 aromatic rings. The number of anilines is 1. The number of halogens is 5. The van der Waals surface area contributed by atoms with Crippen molar-refractivity contribution in [2.24, 2.45) is 5.73 Å². The second-order valence-corrected chi connectivity index (χ2v) is 9.45. The number of benzene rings is 1. The summed E-state index contributed by atoms with van der Waals surface area (Å²) in [4.78, 5) is 26.6. The molecule has 0 atom stereocenters. The molecule has 0 aliphatic rings. The van der Waals surface area contributed by atoms with Crippen molar-refractivity contribution >= 4 is 57.0 Å². The lowest BCUT2D eigenvalue weighted by atomic mass is 10.2. The van der Waals surface area contributed by atoms with Crippen LogP contribution in [0.4, 0.5) is 18.9 Å². The predicted octanol–water partition coefficient (Wildman–Crippen LogP) is 3.60. The van der Waals surface area contributed by atoms with Crippen molar-refractivity contribution in [3.05, 3.63) is 58.0 Å². The Bertz CT molecular complexity index is 1510. The number of rotatable bonds is 8. The van der Waals surface area contributed by atoms with Crippen LogP contribution in [-0.2, 0) is 25.7 Å². The highest BCUT2D eigenvalue weighted by Crippen LogP contribution is 2.37. The number of nitrogens with two attached hydrogens (primary N) is 1. The fraction of sp³-hybridized carbons (Fsp3) is 0.150. The number of nitrogens with zero attached hydrogens (tertiary/aromatic N) is 4. The van der Waals surface area contributed by atoms with Gasteiger partial charge in [-0.05, 0) is 31.2 Å². The standard InChI is InChI=1S/C20H15Cl2F3N6O5S/c1-2-36-19(33)18-29-28-17(31(18)15(26)5-6-32)16-14(7-10(21)9-27-16)30-37(34,35)11-3-4-13(22)12(8-11)20(23,24)25/h3-9,30H,2,26H2,1H3. The fourth-order valence-electron chi connectivity index (χ4n) is 2.94. The van der Waals surface area contributed by atoms with E-state index >= 15 is 0 Å². The molecule has 2 aromatic heterocycles. The summed E-state index contributed by atoms with van der Waals surface area (Å²) < 4.78 is 73.7. The number of carbonyl (C=O) groups is 2. The molecule has 0 aliphatic carbocycles. The van der Waals surface area contributed by atoms with Gasteiger partial charge in [0.05, 0.1) is 32.8 Å². The molecule has 0 bridgehead atoms. The smallest absolute Gasteiger partial charge is 0.417 e. The summed E-state index contributed by atoms with van der Waals surface area (Å²) >= 11 is 11.6. The minimum atomic E-state index is -4.92. The Balaban J connectivity index is 2.18. The number of esters is 1. The number of aromatic nitrogens is 4. The highest BCUT2D eigenvalue weighted by atomic mass is 35.5. The first kappa shape index (κ1) is 27.9. The number of allylic oxidation sites excluding steroid dienone is 1. The Labute approximate surface area is 217 Å². The molecule has 0 unspecified atom stereocenters. The number of pyridine rings is 1. The van der Waals surface area contributed by atoms with E-state index in [4.69, 9.17) is 33.7 Å². The average Bonchev–Trinajstić information content (AvgIpc) is 3.24. The second kappa shape index (κ2) is 10.7.